The summed E-state index contributed by atoms with van der Waals surface area (Å²) in [7, 11) is 0. The van der Waals surface area contributed by atoms with Gasteiger partial charge < -0.3 is 10.3 Å². The average molecular weight is 401 g/mol. The Bertz CT molecular complexity index is 982. The number of nitrogens with one attached hydrogen (secondary N) is 2. The van der Waals surface area contributed by atoms with Crippen LogP contribution in [0.4, 0.5) is 17.6 Å². The number of benzene rings is 1. The normalized spacial score (nSPS) is 17.9. The van der Waals surface area contributed by atoms with Crippen LogP contribution in [0, 0.1) is 5.82 Å². The topological polar surface area (TPSA) is 62.0 Å². The zero-order valence-electron chi connectivity index (χ0n) is 13.7. The Labute approximate surface area is 155 Å². The molecule has 0 unspecified atom stereocenters. The minimum Gasteiger partial charge on any atom is -0.350 e. The molecule has 0 spiro atoms. The van der Waals surface area contributed by atoms with Crippen LogP contribution >= 0.6 is 11.6 Å². The first-order chi connectivity index (χ1) is 12.6. The lowest BCUT2D eigenvalue weighted by Crippen LogP contribution is -2.23. The van der Waals surface area contributed by atoms with Gasteiger partial charge in [0.15, 0.2) is 0 Å². The van der Waals surface area contributed by atoms with Crippen molar-refractivity contribution < 1.29 is 22.4 Å². The van der Waals surface area contributed by atoms with Crippen LogP contribution in [0.3, 0.4) is 0 Å². The highest BCUT2D eigenvalue weighted by Gasteiger charge is 2.31. The third-order valence-corrected chi connectivity index (χ3v) is 4.43. The van der Waals surface area contributed by atoms with Crippen LogP contribution in [0.15, 0.2) is 41.2 Å². The molecule has 1 aliphatic heterocycles. The fourth-order valence-corrected chi connectivity index (χ4v) is 2.92. The molecule has 3 rings (SSSR count). The van der Waals surface area contributed by atoms with E-state index >= 15 is 0 Å². The minimum atomic E-state index is -4.68. The number of carbonyl (C=O) groups excluding carboxylic acids is 1. The summed E-state index contributed by atoms with van der Waals surface area (Å²) in [6.45, 7) is 0. The summed E-state index contributed by atoms with van der Waals surface area (Å²) in [6, 6.07) is 4.43. The minimum absolute atomic E-state index is 0.0832. The highest BCUT2D eigenvalue weighted by Crippen LogP contribution is 2.33. The average Bonchev–Trinajstić information content (AvgIpc) is 3.00. The molecule has 2 N–H and O–H groups in total. The summed E-state index contributed by atoms with van der Waals surface area (Å²) in [4.78, 5) is 25.7. The molecule has 0 aliphatic carbocycles. The van der Waals surface area contributed by atoms with E-state index in [4.69, 9.17) is 11.6 Å². The van der Waals surface area contributed by atoms with Gasteiger partial charge >= 0.3 is 6.18 Å². The summed E-state index contributed by atoms with van der Waals surface area (Å²) in [6.07, 6.45) is -2.45. The largest absolute Gasteiger partial charge is 0.416 e. The van der Waals surface area contributed by atoms with E-state index in [0.29, 0.717) is 12.5 Å². The van der Waals surface area contributed by atoms with Crippen molar-refractivity contribution in [2.24, 2.45) is 0 Å². The Morgan fingerprint density at radius 1 is 1.19 bits per heavy atom. The highest BCUT2D eigenvalue weighted by atomic mass is 35.5. The lowest BCUT2D eigenvalue weighted by molar-refractivity contribution is -0.137. The zero-order valence-corrected chi connectivity index (χ0v) is 14.4. The number of pyridine rings is 1. The molecular weight excluding hydrogens is 388 g/mol. The molecule has 2 aromatic rings. The molecule has 1 aromatic heterocycles. The Kier molecular flexibility index (Phi) is 5.10. The van der Waals surface area contributed by atoms with E-state index < -0.39 is 29.2 Å². The third kappa shape index (κ3) is 4.21. The Morgan fingerprint density at radius 2 is 1.93 bits per heavy atom. The predicted octanol–water partition coefficient (Wildman–Crippen LogP) is 3.90. The Hall–Kier alpha value is -2.61. The lowest BCUT2D eigenvalue weighted by Gasteiger charge is -2.14. The number of alkyl halides is 3. The van der Waals surface area contributed by atoms with Crippen molar-refractivity contribution in [3.8, 4) is 0 Å². The van der Waals surface area contributed by atoms with Crippen molar-refractivity contribution in [3.63, 3.8) is 0 Å². The zero-order chi connectivity index (χ0) is 19.8. The number of aromatic amines is 1. The lowest BCUT2D eigenvalue weighted by atomic mass is 9.97. The fraction of sp³-hybridized carbons (Fsp3) is 0.222. The van der Waals surface area contributed by atoms with Crippen molar-refractivity contribution in [1.29, 1.82) is 0 Å². The molecule has 0 saturated carbocycles. The molecule has 1 saturated heterocycles. The summed E-state index contributed by atoms with van der Waals surface area (Å²) >= 11 is 5.70. The first-order valence-corrected chi connectivity index (χ1v) is 8.30. The summed E-state index contributed by atoms with van der Waals surface area (Å²) in [5.41, 5.74) is -1.56. The monoisotopic (exact) mass is 400 g/mol. The summed E-state index contributed by atoms with van der Waals surface area (Å²) in [5, 5.41) is 2.59. The number of aromatic nitrogens is 1. The molecule has 9 heteroatoms. The molecule has 1 aromatic carbocycles. The van der Waals surface area contributed by atoms with Gasteiger partial charge in [-0.3, -0.25) is 9.59 Å². The van der Waals surface area contributed by atoms with E-state index in [1.807, 2.05) is 0 Å². The molecule has 4 nitrogen and oxygen atoms in total. The Balaban J connectivity index is 2.12. The highest BCUT2D eigenvalue weighted by molar-refractivity contribution is 6.30. The molecule has 142 valence electrons. The van der Waals surface area contributed by atoms with Crippen molar-refractivity contribution in [1.82, 2.24) is 10.3 Å². The molecule has 27 heavy (non-hydrogen) atoms. The predicted molar refractivity (Wildman–Crippen MR) is 91.7 cm³/mol. The van der Waals surface area contributed by atoms with Gasteiger partial charge in [0, 0.05) is 29.3 Å². The maximum atomic E-state index is 14.5. The van der Waals surface area contributed by atoms with Gasteiger partial charge in [-0.05, 0) is 30.7 Å². The van der Waals surface area contributed by atoms with E-state index in [1.54, 1.807) is 0 Å². The maximum absolute atomic E-state index is 14.5. The standard InChI is InChI=1S/C18H13ClF4N2O2/c19-13-4-5-15(25-17(13)27)12(8-10-2-6-16(26)24-10)11-3-1-9(7-14(11)20)18(21,22)23/h1,3-5,7-8,10H,2,6H2,(H,24,26)(H,25,27)/b12-8-/t10-/m1/s1. The van der Waals surface area contributed by atoms with Gasteiger partial charge in [0.05, 0.1) is 5.56 Å². The van der Waals surface area contributed by atoms with E-state index in [0.717, 1.165) is 12.1 Å². The number of halogens is 5. The van der Waals surface area contributed by atoms with E-state index in [1.165, 1.54) is 18.2 Å². The van der Waals surface area contributed by atoms with Crippen LogP contribution in [0.1, 0.15) is 29.7 Å². The summed E-state index contributed by atoms with van der Waals surface area (Å²) < 4.78 is 52.9. The van der Waals surface area contributed by atoms with E-state index in [9.17, 15) is 27.2 Å². The van der Waals surface area contributed by atoms with Crippen LogP contribution in [-0.2, 0) is 11.0 Å². The van der Waals surface area contributed by atoms with Gasteiger partial charge in [-0.2, -0.15) is 13.2 Å². The van der Waals surface area contributed by atoms with Gasteiger partial charge in [0.25, 0.3) is 5.56 Å². The quantitative estimate of drug-likeness (QED) is 0.768. The van der Waals surface area contributed by atoms with Gasteiger partial charge in [-0.15, -0.1) is 0 Å². The number of amides is 1. The second-order valence-electron chi connectivity index (χ2n) is 6.03. The molecule has 2 heterocycles. The smallest absolute Gasteiger partial charge is 0.350 e. The van der Waals surface area contributed by atoms with Crippen LogP contribution in [-0.4, -0.2) is 16.9 Å². The SMILES string of the molecule is O=C1CC[C@H](/C=C(\c2ccc(Cl)c(=O)[nH]2)c2ccc(C(F)(F)F)cc2F)N1. The molecule has 1 aliphatic rings. The summed E-state index contributed by atoms with van der Waals surface area (Å²) in [5.74, 6) is -1.29. The first-order valence-electron chi connectivity index (χ1n) is 7.92. The van der Waals surface area contributed by atoms with Crippen molar-refractivity contribution in [2.75, 3.05) is 0 Å². The second-order valence-corrected chi connectivity index (χ2v) is 6.44. The molecule has 0 radical (unpaired) electrons. The number of hydrogen-bond donors (Lipinski definition) is 2. The van der Waals surface area contributed by atoms with Crippen molar-refractivity contribution >= 4 is 23.1 Å². The number of rotatable bonds is 3. The van der Waals surface area contributed by atoms with Gasteiger partial charge in [0.2, 0.25) is 5.91 Å². The van der Waals surface area contributed by atoms with Crippen LogP contribution in [0.25, 0.3) is 5.57 Å². The van der Waals surface area contributed by atoms with Crippen molar-refractivity contribution in [2.45, 2.75) is 25.1 Å². The molecule has 1 atom stereocenters. The first kappa shape index (κ1) is 19.2. The van der Waals surface area contributed by atoms with Gasteiger partial charge in [-0.25, -0.2) is 4.39 Å². The molecular formula is C18H13ClF4N2O2. The maximum Gasteiger partial charge on any atom is 0.416 e. The van der Waals surface area contributed by atoms with Crippen LogP contribution in [0.2, 0.25) is 5.02 Å². The van der Waals surface area contributed by atoms with E-state index in [2.05, 4.69) is 10.3 Å². The van der Waals surface area contributed by atoms with E-state index in [-0.39, 0.29) is 34.2 Å². The third-order valence-electron chi connectivity index (χ3n) is 4.13. The number of hydrogen-bond acceptors (Lipinski definition) is 2. The number of carbonyl (C=O) groups is 1. The molecule has 0 bridgehead atoms. The van der Waals surface area contributed by atoms with Crippen LogP contribution in [0.5, 0.6) is 0 Å². The van der Waals surface area contributed by atoms with Crippen molar-refractivity contribution in [3.05, 3.63) is 74.4 Å². The number of H-pyrrole nitrogens is 1. The molecule has 1 amide bonds. The molecule has 1 fully saturated rings. The second kappa shape index (κ2) is 7.19. The van der Waals surface area contributed by atoms with Gasteiger partial charge in [0.1, 0.15) is 10.8 Å². The van der Waals surface area contributed by atoms with Crippen LogP contribution < -0.4 is 10.9 Å². The fourth-order valence-electron chi connectivity index (χ4n) is 2.81. The van der Waals surface area contributed by atoms with Gasteiger partial charge in [-0.1, -0.05) is 23.7 Å². The Morgan fingerprint density at radius 3 is 2.48 bits per heavy atom.